The van der Waals surface area contributed by atoms with Crippen molar-refractivity contribution < 1.29 is 72.6 Å². The number of nitrogens with zero attached hydrogens (tertiary/aromatic N) is 3. The van der Waals surface area contributed by atoms with Gasteiger partial charge in [-0.2, -0.15) is 0 Å². The number of carbonyl (C=O) groups excluding carboxylic acids is 4. The Kier molecular flexibility index (Phi) is 29.2. The van der Waals surface area contributed by atoms with Gasteiger partial charge in [0.2, 0.25) is 5.97 Å². The number of aldehydes is 1. The average Bonchev–Trinajstić information content (AvgIpc) is 3.00. The van der Waals surface area contributed by atoms with E-state index in [1.807, 2.05) is 12.3 Å². The summed E-state index contributed by atoms with van der Waals surface area (Å²) in [6, 6.07) is 7.51. The first-order chi connectivity index (χ1) is 20.1. The first-order valence-corrected chi connectivity index (χ1v) is 14.1. The molecule has 3 radical (unpaired) electrons. The molecule has 0 aliphatic carbocycles. The molecule has 2 aliphatic heterocycles. The zero-order chi connectivity index (χ0) is 31.6. The molecule has 2 aromatic heterocycles. The third-order valence-electron chi connectivity index (χ3n) is 4.47. The van der Waals surface area contributed by atoms with Gasteiger partial charge < -0.3 is 27.5 Å². The molecule has 4 heterocycles. The van der Waals surface area contributed by atoms with Crippen molar-refractivity contribution in [2.45, 2.75) is 27.3 Å². The van der Waals surface area contributed by atoms with Gasteiger partial charge in [-0.1, -0.05) is 6.07 Å². The van der Waals surface area contributed by atoms with Crippen LogP contribution in [0.15, 0.2) is 45.9 Å². The topological polar surface area (TPSA) is 155 Å². The summed E-state index contributed by atoms with van der Waals surface area (Å²) >= 11 is 6.47. The van der Waals surface area contributed by atoms with Crippen LogP contribution in [0.5, 0.6) is 0 Å². The van der Waals surface area contributed by atoms with Gasteiger partial charge in [0, 0.05) is 71.5 Å². The summed E-state index contributed by atoms with van der Waals surface area (Å²) in [7, 11) is 4.32. The summed E-state index contributed by atoms with van der Waals surface area (Å²) < 4.78 is 15.5. The van der Waals surface area contributed by atoms with E-state index in [1.165, 1.54) is 18.7 Å². The number of hydrogen-bond donors (Lipinski definition) is 1. The molecule has 2 aliphatic rings. The van der Waals surface area contributed by atoms with E-state index in [4.69, 9.17) is 9.47 Å². The van der Waals surface area contributed by atoms with Crippen LogP contribution in [-0.4, -0.2) is 99.7 Å². The molecule has 0 unspecified atom stereocenters. The van der Waals surface area contributed by atoms with Gasteiger partial charge in [0.05, 0.1) is 26.4 Å². The molecule has 2 fully saturated rings. The predicted octanol–water partition coefficient (Wildman–Crippen LogP) is -0.396. The number of hydrogen-bond acceptors (Lipinski definition) is 13. The number of morpholine rings is 2. The fourth-order valence-corrected chi connectivity index (χ4v) is 3.08. The van der Waals surface area contributed by atoms with Gasteiger partial charge >= 0.3 is 41.5 Å². The minimum Gasteiger partial charge on any atom is -0.793 e. The van der Waals surface area contributed by atoms with Crippen molar-refractivity contribution in [3.05, 3.63) is 57.0 Å². The Balaban J connectivity index is 0. The molecule has 17 heteroatoms. The van der Waals surface area contributed by atoms with Crippen molar-refractivity contribution in [2.75, 3.05) is 52.6 Å². The molecule has 0 aromatic carbocycles. The van der Waals surface area contributed by atoms with Gasteiger partial charge in [-0.25, -0.2) is 29.3 Å². The number of nitrogens with one attached hydrogen (secondary N) is 1. The largest absolute Gasteiger partial charge is 1.00 e. The van der Waals surface area contributed by atoms with E-state index in [-0.39, 0.29) is 29.6 Å². The molecule has 4 rings (SSSR count). The van der Waals surface area contributed by atoms with E-state index >= 15 is 0 Å². The van der Waals surface area contributed by atoms with Crippen LogP contribution in [0.1, 0.15) is 36.7 Å². The normalized spacial score (nSPS) is 13.4. The first kappa shape index (κ1) is 43.4. The number of ether oxygens (including phenoxy) is 2. The Morgan fingerprint density at radius 3 is 1.70 bits per heavy atom. The maximum absolute atomic E-state index is 10.1. The molecule has 0 bridgehead atoms. The number of aromatic nitrogens is 2. The Morgan fingerprint density at radius 1 is 0.884 bits per heavy atom. The summed E-state index contributed by atoms with van der Waals surface area (Å²) in [5, 5.41) is 3.16. The number of halogens is 2. The van der Waals surface area contributed by atoms with Crippen molar-refractivity contribution in [1.29, 1.82) is 0 Å². The Hall–Kier alpha value is -1.76. The summed E-state index contributed by atoms with van der Waals surface area (Å²) in [5.74, 6) is -1.74. The van der Waals surface area contributed by atoms with E-state index in [0.717, 1.165) is 88.5 Å². The fraction of sp³-hybridized carbons (Fsp3) is 0.462. The smallest absolute Gasteiger partial charge is 0.793 e. The molecule has 0 amide bonds. The molecule has 2 aromatic rings. The Morgan fingerprint density at radius 2 is 1.37 bits per heavy atom. The molecule has 1 N–H and O–H groups in total. The van der Waals surface area contributed by atoms with Crippen molar-refractivity contribution >= 4 is 64.1 Å². The Bertz CT molecular complexity index is 1010. The Labute approximate surface area is 292 Å². The van der Waals surface area contributed by atoms with E-state index < -0.39 is 17.9 Å². The van der Waals surface area contributed by atoms with Gasteiger partial charge in [0.1, 0.15) is 9.21 Å². The first-order valence-electron chi connectivity index (χ1n) is 12.6. The van der Waals surface area contributed by atoms with Crippen molar-refractivity contribution in [3.8, 4) is 0 Å². The second kappa shape index (κ2) is 29.0. The molecular formula is C26H35BBr2N4NaO9. The van der Waals surface area contributed by atoms with Crippen LogP contribution < -0.4 is 34.9 Å². The SMILES string of the molecule is Brc1ccc(CN2CCOCC2)cn1.C1COCCN1.CC(=O)OOC(C)=O.O=Cc1ccc(Br)nc1.[B-]OC(C)=O.[Na+]. The standard InChI is InChI=1S/C10H13BrN2O.C6H4BrNO.C4H9NO.C4H6O4.C2H3BO2.Na/c11-10-2-1-9(7-12-10)8-13-3-5-14-6-4-13;7-6-2-1-5(4-9)3-8-6;1-3-6-4-2-5-1;1-3(5)7-8-4(2)6;1-2(4)5-3;/h1-2,7H,3-6,8H2;1-4H;5H,1-4H2;1-2H3;1H3;/q;;;;-1;+1. The van der Waals surface area contributed by atoms with Crippen molar-refractivity contribution in [3.63, 3.8) is 0 Å². The maximum atomic E-state index is 10.1. The molecular weight excluding hydrogens is 706 g/mol. The minimum atomic E-state index is -0.639. The summed E-state index contributed by atoms with van der Waals surface area (Å²) in [6.45, 7) is 12.1. The van der Waals surface area contributed by atoms with E-state index in [1.54, 1.807) is 12.1 Å². The maximum Gasteiger partial charge on any atom is 1.00 e. The van der Waals surface area contributed by atoms with Crippen LogP contribution in [0.25, 0.3) is 0 Å². The van der Waals surface area contributed by atoms with Crippen LogP contribution in [0.3, 0.4) is 0 Å². The summed E-state index contributed by atoms with van der Waals surface area (Å²) in [5.41, 5.74) is 1.85. The third kappa shape index (κ3) is 28.8. The summed E-state index contributed by atoms with van der Waals surface area (Å²) in [6.07, 6.45) is 4.19. The van der Waals surface area contributed by atoms with Gasteiger partial charge in [-0.3, -0.25) is 14.5 Å². The molecule has 13 nitrogen and oxygen atoms in total. The quantitative estimate of drug-likeness (QED) is 0.143. The van der Waals surface area contributed by atoms with Gasteiger partial charge in [-0.15, -0.1) is 0 Å². The van der Waals surface area contributed by atoms with Crippen molar-refractivity contribution in [1.82, 2.24) is 20.2 Å². The van der Waals surface area contributed by atoms with E-state index in [2.05, 4.69) is 80.6 Å². The van der Waals surface area contributed by atoms with Gasteiger partial charge in [0.15, 0.2) is 6.29 Å². The number of pyridine rings is 2. The molecule has 0 atom stereocenters. The minimum absolute atomic E-state index is 0. The molecule has 0 spiro atoms. The molecule has 43 heavy (non-hydrogen) atoms. The molecule has 0 saturated carbocycles. The second-order valence-corrected chi connectivity index (χ2v) is 9.66. The predicted molar refractivity (Wildman–Crippen MR) is 160 cm³/mol. The van der Waals surface area contributed by atoms with Crippen LogP contribution in [-0.2, 0) is 44.8 Å². The zero-order valence-corrected chi connectivity index (χ0v) is 29.9. The van der Waals surface area contributed by atoms with Gasteiger partial charge in [0.25, 0.3) is 0 Å². The third-order valence-corrected chi connectivity index (χ3v) is 5.41. The van der Waals surface area contributed by atoms with Crippen LogP contribution >= 0.6 is 31.9 Å². The van der Waals surface area contributed by atoms with Crippen LogP contribution in [0, 0.1) is 0 Å². The van der Waals surface area contributed by atoms with E-state index in [9.17, 15) is 19.2 Å². The second-order valence-electron chi connectivity index (χ2n) is 8.03. The summed E-state index contributed by atoms with van der Waals surface area (Å²) in [4.78, 5) is 57.3. The average molecular weight is 741 g/mol. The fourth-order valence-electron chi connectivity index (χ4n) is 2.61. The molecule has 2 saturated heterocycles. The van der Waals surface area contributed by atoms with Gasteiger partial charge in [-0.05, 0) is 55.6 Å². The van der Waals surface area contributed by atoms with Crippen molar-refractivity contribution in [2.24, 2.45) is 0 Å². The van der Waals surface area contributed by atoms with Crippen LogP contribution in [0.2, 0.25) is 0 Å². The van der Waals surface area contributed by atoms with Crippen LogP contribution in [0.4, 0.5) is 0 Å². The monoisotopic (exact) mass is 739 g/mol. The van der Waals surface area contributed by atoms with E-state index in [0.29, 0.717) is 5.56 Å². The number of rotatable bonds is 3. The molecule has 231 valence electrons. The zero-order valence-electron chi connectivity index (χ0n) is 24.8. The number of carbonyl (C=O) groups is 4.